The fourth-order valence-electron chi connectivity index (χ4n) is 3.74. The number of hydrogen-bond donors (Lipinski definition) is 0. The van der Waals surface area contributed by atoms with Gasteiger partial charge in [-0.2, -0.15) is 0 Å². The van der Waals surface area contributed by atoms with Gasteiger partial charge in [-0.25, -0.2) is 8.42 Å². The molecule has 5 heteroatoms. The summed E-state index contributed by atoms with van der Waals surface area (Å²) in [5.41, 5.74) is 2.54. The third-order valence-corrected chi connectivity index (χ3v) is 8.28. The van der Waals surface area contributed by atoms with Crippen molar-refractivity contribution in [3.05, 3.63) is 122 Å². The van der Waals surface area contributed by atoms with Crippen molar-refractivity contribution < 1.29 is 12.8 Å². The third kappa shape index (κ3) is 4.25. The summed E-state index contributed by atoms with van der Waals surface area (Å²) in [6, 6.07) is 35.5. The second kappa shape index (κ2) is 9.14. The Kier molecular flexibility index (Phi) is 5.90. The molecule has 3 nitrogen and oxygen atoms in total. The maximum Gasteiger partial charge on any atom is 0.207 e. The number of furan rings is 1. The Balaban J connectivity index is 1.62. The highest BCUT2D eigenvalue weighted by Gasteiger charge is 2.23. The van der Waals surface area contributed by atoms with Crippen LogP contribution in [0.1, 0.15) is 0 Å². The van der Waals surface area contributed by atoms with E-state index in [2.05, 4.69) is 0 Å². The third-order valence-electron chi connectivity index (χ3n) is 5.30. The van der Waals surface area contributed by atoms with Gasteiger partial charge in [-0.15, -0.1) is 0 Å². The summed E-state index contributed by atoms with van der Waals surface area (Å²) in [7, 11) is -3.68. The first-order valence-corrected chi connectivity index (χ1v) is 12.7. The minimum atomic E-state index is -3.68. The Morgan fingerprint density at radius 1 is 0.545 bits per heavy atom. The van der Waals surface area contributed by atoms with E-state index in [1.54, 1.807) is 54.4 Å². The Morgan fingerprint density at radius 3 is 1.82 bits per heavy atom. The van der Waals surface area contributed by atoms with Gasteiger partial charge in [0.2, 0.25) is 9.84 Å². The quantitative estimate of drug-likeness (QED) is 0.257. The highest BCUT2D eigenvalue weighted by atomic mass is 32.2. The SMILES string of the molecule is O=S(=O)(c1ccccc1)c1ccccc1-c1ccccc1Sc1ccccc1-c1ccco1. The molecule has 33 heavy (non-hydrogen) atoms. The molecule has 0 fully saturated rings. The lowest BCUT2D eigenvalue weighted by Crippen LogP contribution is -2.04. The largest absolute Gasteiger partial charge is 0.464 e. The zero-order valence-corrected chi connectivity index (χ0v) is 19.2. The minimum absolute atomic E-state index is 0.283. The van der Waals surface area contributed by atoms with E-state index < -0.39 is 9.84 Å². The molecule has 0 bridgehead atoms. The summed E-state index contributed by atoms with van der Waals surface area (Å²) in [6.07, 6.45) is 1.66. The molecule has 0 aliphatic heterocycles. The van der Waals surface area contributed by atoms with Crippen molar-refractivity contribution in [1.29, 1.82) is 0 Å². The van der Waals surface area contributed by atoms with E-state index in [0.29, 0.717) is 10.5 Å². The standard InChI is InChI=1S/C28H20O3S2/c29-33(30,21-11-2-1-3-12-21)28-19-9-6-14-23(28)22-13-4-7-17-26(22)32-27-18-8-5-15-24(27)25-16-10-20-31-25/h1-20H. The van der Waals surface area contributed by atoms with Gasteiger partial charge >= 0.3 is 0 Å². The van der Waals surface area contributed by atoms with Gasteiger partial charge in [0.15, 0.2) is 0 Å². The highest BCUT2D eigenvalue weighted by molar-refractivity contribution is 7.99. The van der Waals surface area contributed by atoms with Crippen molar-refractivity contribution >= 4 is 21.6 Å². The van der Waals surface area contributed by atoms with Crippen LogP contribution in [0, 0.1) is 0 Å². The normalized spacial score (nSPS) is 11.4. The Bertz CT molecular complexity index is 1490. The second-order valence-electron chi connectivity index (χ2n) is 7.38. The van der Waals surface area contributed by atoms with Crippen LogP contribution in [-0.2, 0) is 9.84 Å². The molecule has 5 aromatic rings. The maximum atomic E-state index is 13.5. The summed E-state index contributed by atoms with van der Waals surface area (Å²) >= 11 is 1.59. The molecule has 5 rings (SSSR count). The molecule has 4 aromatic carbocycles. The topological polar surface area (TPSA) is 47.3 Å². The number of rotatable bonds is 6. The van der Waals surface area contributed by atoms with Gasteiger partial charge in [-0.3, -0.25) is 0 Å². The van der Waals surface area contributed by atoms with Crippen molar-refractivity contribution in [2.24, 2.45) is 0 Å². The molecule has 0 spiro atoms. The molecule has 1 aromatic heterocycles. The summed E-state index contributed by atoms with van der Waals surface area (Å²) in [6.45, 7) is 0. The summed E-state index contributed by atoms with van der Waals surface area (Å²) < 4.78 is 32.6. The molecule has 0 N–H and O–H groups in total. The van der Waals surface area contributed by atoms with Crippen LogP contribution in [0.5, 0.6) is 0 Å². The van der Waals surface area contributed by atoms with Crippen molar-refractivity contribution in [1.82, 2.24) is 0 Å². The Labute approximate surface area is 197 Å². The molecule has 0 aliphatic rings. The van der Waals surface area contributed by atoms with E-state index in [4.69, 9.17) is 4.42 Å². The van der Waals surface area contributed by atoms with Crippen molar-refractivity contribution in [2.75, 3.05) is 0 Å². The van der Waals surface area contributed by atoms with Crippen LogP contribution in [0.2, 0.25) is 0 Å². The van der Waals surface area contributed by atoms with Crippen molar-refractivity contribution in [3.63, 3.8) is 0 Å². The first kappa shape index (κ1) is 21.3. The predicted molar refractivity (Wildman–Crippen MR) is 132 cm³/mol. The number of benzene rings is 4. The van der Waals surface area contributed by atoms with E-state index in [9.17, 15) is 8.42 Å². The van der Waals surface area contributed by atoms with Crippen LogP contribution < -0.4 is 0 Å². The monoisotopic (exact) mass is 468 g/mol. The van der Waals surface area contributed by atoms with Crippen molar-refractivity contribution in [2.45, 2.75) is 19.6 Å². The number of hydrogen-bond acceptors (Lipinski definition) is 4. The maximum absolute atomic E-state index is 13.5. The van der Waals surface area contributed by atoms with Gasteiger partial charge in [0, 0.05) is 20.9 Å². The van der Waals surface area contributed by atoms with Gasteiger partial charge in [-0.1, -0.05) is 84.6 Å². The lowest BCUT2D eigenvalue weighted by molar-refractivity contribution is 0.581. The van der Waals surface area contributed by atoms with Crippen LogP contribution in [0.25, 0.3) is 22.5 Å². The summed E-state index contributed by atoms with van der Waals surface area (Å²) in [5, 5.41) is 0. The lowest BCUT2D eigenvalue weighted by Gasteiger charge is -2.15. The fraction of sp³-hybridized carbons (Fsp3) is 0. The first-order chi connectivity index (χ1) is 16.1. The Hall–Kier alpha value is -3.54. The van der Waals surface area contributed by atoms with Gasteiger partial charge in [-0.05, 0) is 48.0 Å². The minimum Gasteiger partial charge on any atom is -0.464 e. The lowest BCUT2D eigenvalue weighted by atomic mass is 10.1. The van der Waals surface area contributed by atoms with Crippen LogP contribution in [-0.4, -0.2) is 8.42 Å². The molecule has 0 amide bonds. The van der Waals surface area contributed by atoms with Crippen LogP contribution in [0.4, 0.5) is 0 Å². The molecular formula is C28H20O3S2. The van der Waals surface area contributed by atoms with Gasteiger partial charge in [0.05, 0.1) is 16.1 Å². The summed E-state index contributed by atoms with van der Waals surface area (Å²) in [4.78, 5) is 2.57. The molecule has 0 radical (unpaired) electrons. The van der Waals surface area contributed by atoms with Crippen LogP contribution in [0.15, 0.2) is 146 Å². The van der Waals surface area contributed by atoms with E-state index in [1.807, 2.05) is 78.9 Å². The van der Waals surface area contributed by atoms with E-state index in [1.165, 1.54) is 0 Å². The zero-order chi connectivity index (χ0) is 22.7. The Morgan fingerprint density at radius 2 is 1.12 bits per heavy atom. The summed E-state index contributed by atoms with van der Waals surface area (Å²) in [5.74, 6) is 0.794. The molecule has 162 valence electrons. The second-order valence-corrected chi connectivity index (χ2v) is 10.4. The molecule has 0 atom stereocenters. The molecule has 0 saturated heterocycles. The zero-order valence-electron chi connectivity index (χ0n) is 17.6. The molecule has 1 heterocycles. The molecule has 0 aliphatic carbocycles. The van der Waals surface area contributed by atoms with E-state index in [0.717, 1.165) is 26.7 Å². The van der Waals surface area contributed by atoms with Crippen molar-refractivity contribution in [3.8, 4) is 22.5 Å². The molecular weight excluding hydrogens is 448 g/mol. The number of sulfone groups is 1. The van der Waals surface area contributed by atoms with Crippen LogP contribution in [0.3, 0.4) is 0 Å². The highest BCUT2D eigenvalue weighted by Crippen LogP contribution is 2.42. The van der Waals surface area contributed by atoms with Gasteiger partial charge in [0.1, 0.15) is 5.76 Å². The van der Waals surface area contributed by atoms with Crippen LogP contribution >= 0.6 is 11.8 Å². The van der Waals surface area contributed by atoms with E-state index in [-0.39, 0.29) is 4.90 Å². The average molecular weight is 469 g/mol. The molecule has 0 saturated carbocycles. The van der Waals surface area contributed by atoms with Gasteiger partial charge in [0.25, 0.3) is 0 Å². The van der Waals surface area contributed by atoms with Gasteiger partial charge < -0.3 is 4.42 Å². The molecule has 0 unspecified atom stereocenters. The first-order valence-electron chi connectivity index (χ1n) is 10.4. The smallest absolute Gasteiger partial charge is 0.207 e. The van der Waals surface area contributed by atoms with E-state index >= 15 is 0 Å². The average Bonchev–Trinajstić information content (AvgIpc) is 3.40. The predicted octanol–water partition coefficient (Wildman–Crippen LogP) is 7.60. The fourth-order valence-corrected chi connectivity index (χ4v) is 6.33.